The third-order valence-electron chi connectivity index (χ3n) is 2.94. The van der Waals surface area contributed by atoms with Gasteiger partial charge < -0.3 is 4.90 Å². The highest BCUT2D eigenvalue weighted by Gasteiger charge is 2.28. The van der Waals surface area contributed by atoms with Crippen LogP contribution in [0.25, 0.3) is 10.6 Å². The minimum absolute atomic E-state index is 0.161. The lowest BCUT2D eigenvalue weighted by atomic mass is 10.2. The van der Waals surface area contributed by atoms with Crippen molar-refractivity contribution in [3.05, 3.63) is 41.4 Å². The topological polar surface area (TPSA) is 40.9 Å². The lowest BCUT2D eigenvalue weighted by molar-refractivity contribution is 0.359. The molecule has 1 atom stereocenters. The van der Waals surface area contributed by atoms with Crippen LogP contribution in [-0.4, -0.2) is 21.5 Å². The first-order valence-electron chi connectivity index (χ1n) is 6.02. The third kappa shape index (κ3) is 2.29. The van der Waals surface area contributed by atoms with Gasteiger partial charge in [0.05, 0.1) is 5.69 Å². The molecule has 0 aliphatic carbocycles. The number of thiocarbonyl (C=S) groups is 1. The minimum atomic E-state index is -0.161. The molecule has 96 valence electrons. The van der Waals surface area contributed by atoms with Gasteiger partial charge in [-0.1, -0.05) is 30.3 Å². The average Bonchev–Trinajstić information content (AvgIpc) is 3.06. The molecule has 0 radical (unpaired) electrons. The van der Waals surface area contributed by atoms with Gasteiger partial charge >= 0.3 is 0 Å². The van der Waals surface area contributed by atoms with Crippen LogP contribution in [0.15, 0.2) is 45.9 Å². The third-order valence-corrected chi connectivity index (χ3v) is 4.17. The molecule has 3 rings (SSSR count). The van der Waals surface area contributed by atoms with Gasteiger partial charge in [0.2, 0.25) is 5.11 Å². The first-order valence-corrected chi connectivity index (χ1v) is 7.30. The largest absolute Gasteiger partial charge is 0.318 e. The van der Waals surface area contributed by atoms with Crippen molar-refractivity contribution in [1.82, 2.24) is 9.88 Å². The number of hydrogen-bond acceptors (Lipinski definition) is 4. The molecule has 1 aromatic heterocycles. The number of hydrogen-bond donors (Lipinski definition) is 0. The fourth-order valence-electron chi connectivity index (χ4n) is 1.97. The zero-order chi connectivity index (χ0) is 13.2. The van der Waals surface area contributed by atoms with Crippen molar-refractivity contribution in [2.24, 2.45) is 10.2 Å². The first kappa shape index (κ1) is 12.4. The number of benzene rings is 1. The highest BCUT2D eigenvalue weighted by molar-refractivity contribution is 7.80. The van der Waals surface area contributed by atoms with E-state index in [4.69, 9.17) is 12.2 Å². The number of thiazole rings is 1. The molecule has 2 aromatic rings. The lowest BCUT2D eigenvalue weighted by Crippen LogP contribution is -2.27. The van der Waals surface area contributed by atoms with E-state index in [2.05, 4.69) is 27.3 Å². The van der Waals surface area contributed by atoms with Crippen LogP contribution < -0.4 is 0 Å². The predicted octanol–water partition coefficient (Wildman–Crippen LogP) is 3.88. The van der Waals surface area contributed by atoms with Gasteiger partial charge in [0.1, 0.15) is 5.01 Å². The number of azo groups is 1. The zero-order valence-electron chi connectivity index (χ0n) is 10.4. The van der Waals surface area contributed by atoms with E-state index in [0.717, 1.165) is 22.8 Å². The van der Waals surface area contributed by atoms with E-state index in [1.54, 1.807) is 11.3 Å². The Kier molecular flexibility index (Phi) is 3.35. The molecule has 0 amide bonds. The summed E-state index contributed by atoms with van der Waals surface area (Å²) in [6.07, 6.45) is -0.161. The van der Waals surface area contributed by atoms with E-state index in [0.29, 0.717) is 5.11 Å². The smallest absolute Gasteiger partial charge is 0.218 e. The van der Waals surface area contributed by atoms with Crippen molar-refractivity contribution < 1.29 is 0 Å². The monoisotopic (exact) mass is 288 g/mol. The molecule has 0 saturated carbocycles. The van der Waals surface area contributed by atoms with Crippen LogP contribution in [-0.2, 0) is 0 Å². The summed E-state index contributed by atoms with van der Waals surface area (Å²) in [7, 11) is 0. The second-order valence-corrected chi connectivity index (χ2v) is 5.32. The summed E-state index contributed by atoms with van der Waals surface area (Å²) in [5, 5.41) is 11.7. The Bertz CT molecular complexity index is 621. The van der Waals surface area contributed by atoms with Crippen molar-refractivity contribution in [2.45, 2.75) is 13.1 Å². The van der Waals surface area contributed by atoms with Crippen molar-refractivity contribution in [3.63, 3.8) is 0 Å². The minimum Gasteiger partial charge on any atom is -0.318 e. The molecule has 6 heteroatoms. The molecular formula is C13H12N4S2. The van der Waals surface area contributed by atoms with Crippen LogP contribution in [0, 0.1) is 0 Å². The standard InChI is InChI=1S/C13H12N4S2/c1-2-17-11(15-16-13(17)18)10-8-19-12(14-10)9-6-4-3-5-7-9/h3-8,11H,2H2,1H3. The van der Waals surface area contributed by atoms with Crippen LogP contribution in [0.2, 0.25) is 0 Å². The quantitative estimate of drug-likeness (QED) is 0.805. The van der Waals surface area contributed by atoms with Gasteiger partial charge in [-0.2, -0.15) is 5.11 Å². The molecule has 0 saturated heterocycles. The summed E-state index contributed by atoms with van der Waals surface area (Å²) in [6.45, 7) is 2.83. The molecule has 1 aromatic carbocycles. The van der Waals surface area contributed by atoms with Crippen molar-refractivity contribution >= 4 is 28.7 Å². The van der Waals surface area contributed by atoms with Crippen LogP contribution in [0.3, 0.4) is 0 Å². The maximum Gasteiger partial charge on any atom is 0.218 e. The molecule has 0 bridgehead atoms. The predicted molar refractivity (Wildman–Crippen MR) is 80.1 cm³/mol. The number of rotatable bonds is 3. The number of nitrogens with zero attached hydrogens (tertiary/aromatic N) is 4. The van der Waals surface area contributed by atoms with Crippen LogP contribution in [0.5, 0.6) is 0 Å². The van der Waals surface area contributed by atoms with Gasteiger partial charge in [0, 0.05) is 17.5 Å². The molecule has 1 aliphatic rings. The second kappa shape index (κ2) is 5.14. The van der Waals surface area contributed by atoms with E-state index in [1.165, 1.54) is 0 Å². The molecule has 1 unspecified atom stereocenters. The Morgan fingerprint density at radius 1 is 1.32 bits per heavy atom. The van der Waals surface area contributed by atoms with Gasteiger partial charge in [-0.3, -0.25) is 0 Å². The van der Waals surface area contributed by atoms with Crippen molar-refractivity contribution in [1.29, 1.82) is 0 Å². The highest BCUT2D eigenvalue weighted by Crippen LogP contribution is 2.32. The maximum absolute atomic E-state index is 5.16. The Hall–Kier alpha value is -1.66. The summed E-state index contributed by atoms with van der Waals surface area (Å²) in [5.41, 5.74) is 2.04. The zero-order valence-corrected chi connectivity index (χ0v) is 12.0. The first-order chi connectivity index (χ1) is 9.29. The van der Waals surface area contributed by atoms with Gasteiger partial charge in [-0.25, -0.2) is 4.98 Å². The molecule has 19 heavy (non-hydrogen) atoms. The molecule has 0 fully saturated rings. The summed E-state index contributed by atoms with van der Waals surface area (Å²) in [6, 6.07) is 10.1. The summed E-state index contributed by atoms with van der Waals surface area (Å²) in [5.74, 6) is 0. The van der Waals surface area contributed by atoms with E-state index >= 15 is 0 Å². The maximum atomic E-state index is 5.16. The Labute approximate surface area is 120 Å². The van der Waals surface area contributed by atoms with Gasteiger partial charge in [0.25, 0.3) is 0 Å². The van der Waals surface area contributed by atoms with Crippen molar-refractivity contribution in [3.8, 4) is 10.6 Å². The number of aromatic nitrogens is 1. The van der Waals surface area contributed by atoms with E-state index in [-0.39, 0.29) is 6.17 Å². The summed E-state index contributed by atoms with van der Waals surface area (Å²) in [4.78, 5) is 6.63. The van der Waals surface area contributed by atoms with Crippen LogP contribution in [0.4, 0.5) is 0 Å². The van der Waals surface area contributed by atoms with Crippen LogP contribution in [0.1, 0.15) is 18.8 Å². The van der Waals surface area contributed by atoms with Gasteiger partial charge in [-0.15, -0.1) is 16.5 Å². The average molecular weight is 288 g/mol. The fourth-order valence-corrected chi connectivity index (χ4v) is 3.09. The summed E-state index contributed by atoms with van der Waals surface area (Å²) < 4.78 is 0. The molecular weight excluding hydrogens is 276 g/mol. The molecule has 0 spiro atoms. The highest BCUT2D eigenvalue weighted by atomic mass is 32.1. The molecule has 2 heterocycles. The molecule has 1 aliphatic heterocycles. The van der Waals surface area contributed by atoms with E-state index < -0.39 is 0 Å². The second-order valence-electron chi connectivity index (χ2n) is 4.10. The fraction of sp³-hybridized carbons (Fsp3) is 0.231. The van der Waals surface area contributed by atoms with E-state index in [1.807, 2.05) is 35.4 Å². The van der Waals surface area contributed by atoms with Gasteiger partial charge in [-0.05, 0) is 19.1 Å². The van der Waals surface area contributed by atoms with E-state index in [9.17, 15) is 0 Å². The van der Waals surface area contributed by atoms with Crippen LogP contribution >= 0.6 is 23.6 Å². The summed E-state index contributed by atoms with van der Waals surface area (Å²) >= 11 is 6.78. The Morgan fingerprint density at radius 3 is 2.84 bits per heavy atom. The normalized spacial score (nSPS) is 18.3. The SMILES string of the molecule is CCN1C(=S)N=NC1c1csc(-c2ccccc2)n1. The van der Waals surface area contributed by atoms with Crippen molar-refractivity contribution in [2.75, 3.05) is 6.54 Å². The molecule has 0 N–H and O–H groups in total. The molecule has 4 nitrogen and oxygen atoms in total. The lowest BCUT2D eigenvalue weighted by Gasteiger charge is -2.19. The Balaban J connectivity index is 1.90. The van der Waals surface area contributed by atoms with Gasteiger partial charge in [0.15, 0.2) is 6.17 Å². The Morgan fingerprint density at radius 2 is 2.11 bits per heavy atom.